The van der Waals surface area contributed by atoms with Crippen molar-refractivity contribution in [2.75, 3.05) is 13.1 Å². The second kappa shape index (κ2) is 5.58. The zero-order valence-corrected chi connectivity index (χ0v) is 12.1. The molecular formula is C14H16N4OS. The quantitative estimate of drug-likeness (QED) is 0.809. The number of aromatic nitrogens is 2. The molecule has 0 radical (unpaired) electrons. The van der Waals surface area contributed by atoms with Crippen molar-refractivity contribution in [1.82, 2.24) is 14.5 Å². The standard InChI is InChI=1S/C14H16N4OS/c1-11-10-18(12-6-2-3-7-15-12)14(20-11)16-13(19)17-8-4-5-9-17/h2-3,6-7,10H,4-5,8-9H2,1H3/b16-14-. The lowest BCUT2D eigenvalue weighted by molar-refractivity contribution is 0.218. The van der Waals surface area contributed by atoms with E-state index in [2.05, 4.69) is 9.98 Å². The summed E-state index contributed by atoms with van der Waals surface area (Å²) in [6.45, 7) is 3.63. The minimum absolute atomic E-state index is 0.144. The molecule has 2 amide bonds. The van der Waals surface area contributed by atoms with E-state index in [0.29, 0.717) is 4.80 Å². The molecule has 1 fully saturated rings. The number of pyridine rings is 1. The summed E-state index contributed by atoms with van der Waals surface area (Å²) in [5.41, 5.74) is 0. The molecule has 3 heterocycles. The molecule has 0 saturated carbocycles. The van der Waals surface area contributed by atoms with E-state index >= 15 is 0 Å². The van der Waals surface area contributed by atoms with Crippen LogP contribution in [0.5, 0.6) is 0 Å². The van der Waals surface area contributed by atoms with Crippen LogP contribution >= 0.6 is 11.3 Å². The summed E-state index contributed by atoms with van der Waals surface area (Å²) in [6.07, 6.45) is 5.85. The average molecular weight is 288 g/mol. The summed E-state index contributed by atoms with van der Waals surface area (Å²) in [5.74, 6) is 0.782. The summed E-state index contributed by atoms with van der Waals surface area (Å²) < 4.78 is 1.87. The molecular weight excluding hydrogens is 272 g/mol. The Morgan fingerprint density at radius 3 is 2.85 bits per heavy atom. The summed E-state index contributed by atoms with van der Waals surface area (Å²) in [5, 5.41) is 0. The third kappa shape index (κ3) is 2.65. The molecule has 5 nitrogen and oxygen atoms in total. The Bertz CT molecular complexity index is 668. The predicted octanol–water partition coefficient (Wildman–Crippen LogP) is 2.36. The fraction of sp³-hybridized carbons (Fsp3) is 0.357. The summed E-state index contributed by atoms with van der Waals surface area (Å²) >= 11 is 1.51. The van der Waals surface area contributed by atoms with Gasteiger partial charge in [-0.15, -0.1) is 11.3 Å². The van der Waals surface area contributed by atoms with Crippen LogP contribution < -0.4 is 4.80 Å². The predicted molar refractivity (Wildman–Crippen MR) is 77.9 cm³/mol. The fourth-order valence-electron chi connectivity index (χ4n) is 2.25. The summed E-state index contributed by atoms with van der Waals surface area (Å²) in [4.78, 5) is 24.3. The van der Waals surface area contributed by atoms with Gasteiger partial charge in [0.15, 0.2) is 0 Å². The Labute approximate surface area is 121 Å². The van der Waals surface area contributed by atoms with Gasteiger partial charge in [0, 0.05) is 30.4 Å². The number of hydrogen-bond donors (Lipinski definition) is 0. The highest BCUT2D eigenvalue weighted by atomic mass is 32.1. The first kappa shape index (κ1) is 13.1. The fourth-order valence-corrected chi connectivity index (χ4v) is 3.07. The molecule has 2 aromatic rings. The summed E-state index contributed by atoms with van der Waals surface area (Å²) in [7, 11) is 0. The lowest BCUT2D eigenvalue weighted by atomic mass is 10.4. The number of amides is 2. The van der Waals surface area contributed by atoms with Crippen LogP contribution in [0.1, 0.15) is 17.7 Å². The van der Waals surface area contributed by atoms with Gasteiger partial charge in [-0.05, 0) is 31.9 Å². The van der Waals surface area contributed by atoms with E-state index < -0.39 is 0 Å². The molecule has 3 rings (SSSR count). The van der Waals surface area contributed by atoms with Crippen molar-refractivity contribution in [2.24, 2.45) is 4.99 Å². The average Bonchev–Trinajstić information content (AvgIpc) is 3.09. The van der Waals surface area contributed by atoms with E-state index in [1.54, 1.807) is 11.1 Å². The molecule has 0 N–H and O–H groups in total. The number of rotatable bonds is 1. The van der Waals surface area contributed by atoms with E-state index in [4.69, 9.17) is 0 Å². The first-order valence-corrected chi connectivity index (χ1v) is 7.50. The van der Waals surface area contributed by atoms with Crippen LogP contribution in [0.2, 0.25) is 0 Å². The first-order chi connectivity index (χ1) is 9.74. The second-order valence-electron chi connectivity index (χ2n) is 4.77. The van der Waals surface area contributed by atoms with Crippen molar-refractivity contribution < 1.29 is 4.79 Å². The van der Waals surface area contributed by atoms with Crippen LogP contribution in [0.3, 0.4) is 0 Å². The molecule has 0 aromatic carbocycles. The Morgan fingerprint density at radius 2 is 2.15 bits per heavy atom. The number of nitrogens with zero attached hydrogens (tertiary/aromatic N) is 4. The molecule has 0 unspecified atom stereocenters. The third-order valence-corrected chi connectivity index (χ3v) is 4.13. The molecule has 0 atom stereocenters. The SMILES string of the molecule is Cc1cn(-c2ccccn2)/c(=N/C(=O)N2CCCC2)s1. The number of thiazole rings is 1. The molecule has 104 valence electrons. The van der Waals surface area contributed by atoms with E-state index in [-0.39, 0.29) is 6.03 Å². The number of likely N-dealkylation sites (tertiary alicyclic amines) is 1. The second-order valence-corrected chi connectivity index (χ2v) is 5.98. The zero-order valence-electron chi connectivity index (χ0n) is 11.3. The van der Waals surface area contributed by atoms with Crippen molar-refractivity contribution in [1.29, 1.82) is 0 Å². The molecule has 1 aliphatic rings. The summed E-state index contributed by atoms with van der Waals surface area (Å²) in [6, 6.07) is 5.56. The normalized spacial score (nSPS) is 15.8. The highest BCUT2D eigenvalue weighted by Crippen LogP contribution is 2.10. The smallest absolute Gasteiger partial charge is 0.323 e. The van der Waals surface area contributed by atoms with Gasteiger partial charge in [0.2, 0.25) is 4.80 Å². The van der Waals surface area contributed by atoms with Gasteiger partial charge in [-0.1, -0.05) is 6.07 Å². The van der Waals surface area contributed by atoms with Crippen molar-refractivity contribution in [3.8, 4) is 5.82 Å². The molecule has 0 bridgehead atoms. The highest BCUT2D eigenvalue weighted by molar-refractivity contribution is 7.09. The van der Waals surface area contributed by atoms with E-state index in [0.717, 1.165) is 36.6 Å². The van der Waals surface area contributed by atoms with Gasteiger partial charge in [-0.25, -0.2) is 9.78 Å². The van der Waals surface area contributed by atoms with Gasteiger partial charge in [0.25, 0.3) is 0 Å². The maximum atomic E-state index is 12.1. The lowest BCUT2D eigenvalue weighted by Crippen LogP contribution is -2.27. The molecule has 1 aliphatic heterocycles. The number of urea groups is 1. The molecule has 0 spiro atoms. The molecule has 2 aromatic heterocycles. The van der Waals surface area contributed by atoms with Crippen LogP contribution in [-0.2, 0) is 0 Å². The maximum Gasteiger partial charge on any atom is 0.346 e. The van der Waals surface area contributed by atoms with Crippen molar-refractivity contribution >= 4 is 17.4 Å². The van der Waals surface area contributed by atoms with Gasteiger partial charge in [-0.2, -0.15) is 4.99 Å². The van der Waals surface area contributed by atoms with Gasteiger partial charge in [0.05, 0.1) is 0 Å². The largest absolute Gasteiger partial charge is 0.346 e. The Morgan fingerprint density at radius 1 is 1.35 bits per heavy atom. The highest BCUT2D eigenvalue weighted by Gasteiger charge is 2.17. The minimum atomic E-state index is -0.144. The number of hydrogen-bond acceptors (Lipinski definition) is 3. The minimum Gasteiger partial charge on any atom is -0.323 e. The van der Waals surface area contributed by atoms with Crippen LogP contribution in [0.4, 0.5) is 4.79 Å². The van der Waals surface area contributed by atoms with E-state index in [1.807, 2.05) is 35.9 Å². The maximum absolute atomic E-state index is 12.1. The first-order valence-electron chi connectivity index (χ1n) is 6.68. The van der Waals surface area contributed by atoms with Crippen molar-refractivity contribution in [2.45, 2.75) is 19.8 Å². The lowest BCUT2D eigenvalue weighted by Gasteiger charge is -2.10. The van der Waals surface area contributed by atoms with Gasteiger partial charge in [0.1, 0.15) is 5.82 Å². The topological polar surface area (TPSA) is 50.5 Å². The van der Waals surface area contributed by atoms with Crippen LogP contribution in [-0.4, -0.2) is 33.6 Å². The Balaban J connectivity index is 1.99. The van der Waals surface area contributed by atoms with E-state index in [1.165, 1.54) is 11.3 Å². The number of carbonyl (C=O) groups is 1. The zero-order chi connectivity index (χ0) is 13.9. The van der Waals surface area contributed by atoms with Gasteiger partial charge in [-0.3, -0.25) is 4.57 Å². The monoisotopic (exact) mass is 288 g/mol. The van der Waals surface area contributed by atoms with Gasteiger partial charge >= 0.3 is 6.03 Å². The van der Waals surface area contributed by atoms with Crippen molar-refractivity contribution in [3.05, 3.63) is 40.3 Å². The third-order valence-electron chi connectivity index (χ3n) is 3.23. The number of carbonyl (C=O) groups excluding carboxylic acids is 1. The Hall–Kier alpha value is -1.95. The van der Waals surface area contributed by atoms with Gasteiger partial charge < -0.3 is 4.90 Å². The van der Waals surface area contributed by atoms with Crippen LogP contribution in [0.15, 0.2) is 35.6 Å². The van der Waals surface area contributed by atoms with Crippen LogP contribution in [0, 0.1) is 6.92 Å². The molecule has 20 heavy (non-hydrogen) atoms. The number of aryl methyl sites for hydroxylation is 1. The molecule has 1 saturated heterocycles. The van der Waals surface area contributed by atoms with Crippen LogP contribution in [0.25, 0.3) is 5.82 Å². The molecule has 0 aliphatic carbocycles. The Kier molecular flexibility index (Phi) is 3.64. The molecule has 6 heteroatoms. The van der Waals surface area contributed by atoms with Crippen molar-refractivity contribution in [3.63, 3.8) is 0 Å². The van der Waals surface area contributed by atoms with E-state index in [9.17, 15) is 4.79 Å².